The van der Waals surface area contributed by atoms with Crippen LogP contribution in [-0.2, 0) is 4.79 Å². The third kappa shape index (κ3) is 2.28. The smallest absolute Gasteiger partial charge is 0.226 e. The lowest BCUT2D eigenvalue weighted by Crippen LogP contribution is -2.57. The summed E-state index contributed by atoms with van der Waals surface area (Å²) >= 11 is 0. The number of amides is 1. The Morgan fingerprint density at radius 2 is 2.06 bits per heavy atom. The average Bonchev–Trinajstić information content (AvgIpc) is 2.81. The van der Waals surface area contributed by atoms with Crippen LogP contribution in [0.2, 0.25) is 0 Å². The molecule has 1 heterocycles. The molecule has 0 aromatic rings. The van der Waals surface area contributed by atoms with Crippen LogP contribution < -0.4 is 5.73 Å². The van der Waals surface area contributed by atoms with Crippen LogP contribution in [0, 0.1) is 5.92 Å². The van der Waals surface area contributed by atoms with E-state index in [1.54, 1.807) is 0 Å². The number of allylic oxidation sites excluding steroid dienone is 2. The summed E-state index contributed by atoms with van der Waals surface area (Å²) in [7, 11) is 2.08. The van der Waals surface area contributed by atoms with E-state index in [-0.39, 0.29) is 12.0 Å². The van der Waals surface area contributed by atoms with Crippen molar-refractivity contribution in [2.24, 2.45) is 11.7 Å². The van der Waals surface area contributed by atoms with Crippen LogP contribution in [0.4, 0.5) is 0 Å². The zero-order valence-corrected chi connectivity index (χ0v) is 9.93. The Morgan fingerprint density at radius 1 is 1.38 bits per heavy atom. The van der Waals surface area contributed by atoms with E-state index in [1.165, 1.54) is 0 Å². The van der Waals surface area contributed by atoms with Gasteiger partial charge in [-0.2, -0.15) is 0 Å². The van der Waals surface area contributed by atoms with Crippen LogP contribution >= 0.6 is 0 Å². The second-order valence-electron chi connectivity index (χ2n) is 4.82. The van der Waals surface area contributed by atoms with Crippen LogP contribution in [0.25, 0.3) is 0 Å². The Hall–Kier alpha value is -0.870. The van der Waals surface area contributed by atoms with E-state index in [4.69, 9.17) is 5.73 Å². The highest BCUT2D eigenvalue weighted by molar-refractivity contribution is 5.80. The van der Waals surface area contributed by atoms with Gasteiger partial charge in [-0.3, -0.25) is 4.79 Å². The van der Waals surface area contributed by atoms with Crippen LogP contribution in [0.1, 0.15) is 12.8 Å². The highest BCUT2D eigenvalue weighted by atomic mass is 16.2. The summed E-state index contributed by atoms with van der Waals surface area (Å²) in [5.41, 5.74) is 5.76. The standard InChI is InChI=1S/C12H21N3O/c1-14-6-7-15(11(8-13)9-14)12(16)10-4-2-3-5-10/h2-3,10-11H,4-9,13H2,1H3. The molecule has 1 unspecified atom stereocenters. The van der Waals surface area contributed by atoms with Gasteiger partial charge in [-0.15, -0.1) is 0 Å². The minimum atomic E-state index is 0.178. The zero-order valence-electron chi connectivity index (χ0n) is 9.93. The summed E-state index contributed by atoms with van der Waals surface area (Å²) in [4.78, 5) is 16.5. The Morgan fingerprint density at radius 3 is 2.69 bits per heavy atom. The van der Waals surface area contributed by atoms with Crippen molar-refractivity contribution in [3.05, 3.63) is 12.2 Å². The van der Waals surface area contributed by atoms with Gasteiger partial charge in [-0.05, 0) is 19.9 Å². The van der Waals surface area contributed by atoms with Crippen molar-refractivity contribution in [3.63, 3.8) is 0 Å². The lowest BCUT2D eigenvalue weighted by Gasteiger charge is -2.40. The number of carbonyl (C=O) groups excluding carboxylic acids is 1. The van der Waals surface area contributed by atoms with Crippen molar-refractivity contribution in [2.75, 3.05) is 33.2 Å². The maximum Gasteiger partial charge on any atom is 0.226 e. The molecule has 4 heteroatoms. The van der Waals surface area contributed by atoms with E-state index >= 15 is 0 Å². The molecular weight excluding hydrogens is 202 g/mol. The van der Waals surface area contributed by atoms with Crippen molar-refractivity contribution in [3.8, 4) is 0 Å². The van der Waals surface area contributed by atoms with Gasteiger partial charge in [0, 0.05) is 32.1 Å². The molecule has 0 saturated carbocycles. The second-order valence-corrected chi connectivity index (χ2v) is 4.82. The van der Waals surface area contributed by atoms with Gasteiger partial charge in [0.05, 0.1) is 6.04 Å². The largest absolute Gasteiger partial charge is 0.336 e. The van der Waals surface area contributed by atoms with Crippen molar-refractivity contribution < 1.29 is 4.79 Å². The van der Waals surface area contributed by atoms with E-state index in [0.29, 0.717) is 12.5 Å². The monoisotopic (exact) mass is 223 g/mol. The first-order valence-corrected chi connectivity index (χ1v) is 6.06. The molecule has 1 saturated heterocycles. The Kier molecular flexibility index (Phi) is 3.61. The molecule has 1 fully saturated rings. The molecule has 16 heavy (non-hydrogen) atoms. The number of nitrogens with zero attached hydrogens (tertiary/aromatic N) is 2. The molecule has 4 nitrogen and oxygen atoms in total. The lowest BCUT2D eigenvalue weighted by atomic mass is 10.0. The topological polar surface area (TPSA) is 49.6 Å². The SMILES string of the molecule is CN1CCN(C(=O)C2CC=CC2)C(CN)C1. The molecule has 2 rings (SSSR count). The van der Waals surface area contributed by atoms with E-state index in [9.17, 15) is 4.79 Å². The van der Waals surface area contributed by atoms with Crippen molar-refractivity contribution >= 4 is 5.91 Å². The molecule has 0 aromatic carbocycles. The second kappa shape index (κ2) is 4.97. The highest BCUT2D eigenvalue weighted by Gasteiger charge is 2.32. The Balaban J connectivity index is 1.98. The van der Waals surface area contributed by atoms with Gasteiger partial charge in [0.2, 0.25) is 5.91 Å². The molecule has 1 atom stereocenters. The molecule has 0 bridgehead atoms. The van der Waals surface area contributed by atoms with Gasteiger partial charge in [-0.1, -0.05) is 12.2 Å². The van der Waals surface area contributed by atoms with Gasteiger partial charge in [-0.25, -0.2) is 0 Å². The summed E-state index contributed by atoms with van der Waals surface area (Å²) in [5.74, 6) is 0.478. The molecule has 2 N–H and O–H groups in total. The van der Waals surface area contributed by atoms with Crippen molar-refractivity contribution in [1.82, 2.24) is 9.80 Å². The fourth-order valence-electron chi connectivity index (χ4n) is 2.56. The van der Waals surface area contributed by atoms with Crippen LogP contribution in [0.5, 0.6) is 0 Å². The van der Waals surface area contributed by atoms with E-state index in [0.717, 1.165) is 32.5 Å². The molecule has 90 valence electrons. The molecule has 0 spiro atoms. The minimum Gasteiger partial charge on any atom is -0.336 e. The van der Waals surface area contributed by atoms with E-state index < -0.39 is 0 Å². The molecule has 2 aliphatic rings. The molecule has 1 aliphatic carbocycles. The zero-order chi connectivity index (χ0) is 11.5. The number of nitrogens with two attached hydrogens (primary N) is 1. The minimum absolute atomic E-state index is 0.178. The Labute approximate surface area is 97.1 Å². The Bertz CT molecular complexity index is 282. The van der Waals surface area contributed by atoms with E-state index in [2.05, 4.69) is 24.1 Å². The molecule has 1 amide bonds. The first kappa shape index (κ1) is 11.6. The van der Waals surface area contributed by atoms with Crippen LogP contribution in [0.3, 0.4) is 0 Å². The maximum absolute atomic E-state index is 12.3. The van der Waals surface area contributed by atoms with Gasteiger partial charge in [0.25, 0.3) is 0 Å². The number of likely N-dealkylation sites (N-methyl/N-ethyl adjacent to an activating group) is 1. The predicted octanol–water partition coefficient (Wildman–Crippen LogP) is 0.0539. The predicted molar refractivity (Wildman–Crippen MR) is 63.9 cm³/mol. The van der Waals surface area contributed by atoms with Crippen LogP contribution in [0.15, 0.2) is 12.2 Å². The summed E-state index contributed by atoms with van der Waals surface area (Å²) < 4.78 is 0. The van der Waals surface area contributed by atoms with Gasteiger partial charge >= 0.3 is 0 Å². The number of piperazine rings is 1. The fourth-order valence-corrected chi connectivity index (χ4v) is 2.56. The first-order chi connectivity index (χ1) is 7.72. The van der Waals surface area contributed by atoms with Crippen LogP contribution in [-0.4, -0.2) is 55.0 Å². The third-order valence-electron chi connectivity index (χ3n) is 3.60. The summed E-state index contributed by atoms with van der Waals surface area (Å²) in [5, 5.41) is 0. The summed E-state index contributed by atoms with van der Waals surface area (Å²) in [6.07, 6.45) is 6.02. The number of hydrogen-bond donors (Lipinski definition) is 1. The number of hydrogen-bond acceptors (Lipinski definition) is 3. The maximum atomic E-state index is 12.3. The fraction of sp³-hybridized carbons (Fsp3) is 0.750. The van der Waals surface area contributed by atoms with Crippen molar-refractivity contribution in [1.29, 1.82) is 0 Å². The van der Waals surface area contributed by atoms with Gasteiger partial charge in [0.1, 0.15) is 0 Å². The highest BCUT2D eigenvalue weighted by Crippen LogP contribution is 2.22. The molecule has 0 radical (unpaired) electrons. The molecule has 1 aliphatic heterocycles. The van der Waals surface area contributed by atoms with Gasteiger partial charge < -0.3 is 15.5 Å². The van der Waals surface area contributed by atoms with E-state index in [1.807, 2.05) is 4.90 Å². The molecular formula is C12H21N3O. The third-order valence-corrected chi connectivity index (χ3v) is 3.60. The normalized spacial score (nSPS) is 27.6. The lowest BCUT2D eigenvalue weighted by molar-refractivity contribution is -0.139. The number of rotatable bonds is 2. The summed E-state index contributed by atoms with van der Waals surface area (Å²) in [6, 6.07) is 0.201. The average molecular weight is 223 g/mol. The first-order valence-electron chi connectivity index (χ1n) is 6.06. The number of carbonyl (C=O) groups is 1. The quantitative estimate of drug-likeness (QED) is 0.673. The summed E-state index contributed by atoms with van der Waals surface area (Å²) in [6.45, 7) is 3.26. The van der Waals surface area contributed by atoms with Gasteiger partial charge in [0.15, 0.2) is 0 Å². The van der Waals surface area contributed by atoms with Crippen molar-refractivity contribution in [2.45, 2.75) is 18.9 Å². The molecule has 0 aromatic heterocycles.